The Bertz CT molecular complexity index is 556. The number of aromatic nitrogens is 3. The van der Waals surface area contributed by atoms with Crippen molar-refractivity contribution >= 4 is 12.0 Å². The third-order valence-electron chi connectivity index (χ3n) is 4.03. The molecular formula is C15H25N5O3. The molecule has 1 fully saturated rings. The monoisotopic (exact) mass is 323 g/mol. The highest BCUT2D eigenvalue weighted by molar-refractivity contribution is 5.74. The lowest BCUT2D eigenvalue weighted by atomic mass is 9.86. The molecule has 23 heavy (non-hydrogen) atoms. The number of nitrogens with zero attached hydrogens (tertiary/aromatic N) is 2. The van der Waals surface area contributed by atoms with E-state index in [2.05, 4.69) is 25.8 Å². The maximum absolute atomic E-state index is 11.9. The molecule has 0 aliphatic heterocycles. The fourth-order valence-corrected chi connectivity index (χ4v) is 2.59. The molecule has 0 radical (unpaired) electrons. The van der Waals surface area contributed by atoms with E-state index in [0.29, 0.717) is 37.3 Å². The Morgan fingerprint density at radius 2 is 1.91 bits per heavy atom. The molecule has 8 nitrogen and oxygen atoms in total. The maximum Gasteiger partial charge on any atom is 0.315 e. The average molecular weight is 323 g/mol. The number of hydrogen-bond acceptors (Lipinski definition) is 4. The second kappa shape index (κ2) is 6.97. The summed E-state index contributed by atoms with van der Waals surface area (Å²) < 4.78 is 0. The summed E-state index contributed by atoms with van der Waals surface area (Å²) in [4.78, 5) is 27.2. The number of carboxylic acid groups (broad SMARTS) is 1. The van der Waals surface area contributed by atoms with Crippen LogP contribution in [0.1, 0.15) is 58.1 Å². The average Bonchev–Trinajstić information content (AvgIpc) is 2.95. The van der Waals surface area contributed by atoms with Gasteiger partial charge in [0.1, 0.15) is 5.82 Å². The Morgan fingerprint density at radius 3 is 2.43 bits per heavy atom. The van der Waals surface area contributed by atoms with Crippen LogP contribution in [0.4, 0.5) is 4.79 Å². The zero-order chi connectivity index (χ0) is 17.0. The summed E-state index contributed by atoms with van der Waals surface area (Å²) in [5.74, 6) is 0.301. The van der Waals surface area contributed by atoms with Crippen LogP contribution in [0.2, 0.25) is 0 Å². The fourth-order valence-electron chi connectivity index (χ4n) is 2.59. The quantitative estimate of drug-likeness (QED) is 0.670. The highest BCUT2D eigenvalue weighted by Gasteiger charge is 2.26. The van der Waals surface area contributed by atoms with Gasteiger partial charge >= 0.3 is 12.0 Å². The summed E-state index contributed by atoms with van der Waals surface area (Å²) in [5.41, 5.74) is -0.139. The van der Waals surface area contributed by atoms with Gasteiger partial charge in [0.15, 0.2) is 5.82 Å². The van der Waals surface area contributed by atoms with Gasteiger partial charge in [-0.05, 0) is 25.7 Å². The number of urea groups is 1. The Kier molecular flexibility index (Phi) is 5.23. The molecule has 2 rings (SSSR count). The summed E-state index contributed by atoms with van der Waals surface area (Å²) in [6, 6.07) is -0.233. The Hall–Kier alpha value is -2.12. The minimum atomic E-state index is -0.743. The molecular weight excluding hydrogens is 298 g/mol. The van der Waals surface area contributed by atoms with Gasteiger partial charge in [-0.25, -0.2) is 9.78 Å². The van der Waals surface area contributed by atoms with Crippen molar-refractivity contribution < 1.29 is 14.7 Å². The molecule has 1 aliphatic carbocycles. The van der Waals surface area contributed by atoms with E-state index in [1.807, 2.05) is 20.8 Å². The van der Waals surface area contributed by atoms with Crippen LogP contribution in [0.5, 0.6) is 0 Å². The molecule has 1 aromatic heterocycles. The van der Waals surface area contributed by atoms with Gasteiger partial charge in [0.2, 0.25) is 0 Å². The number of carbonyl (C=O) groups is 2. The first-order chi connectivity index (χ1) is 10.8. The molecule has 128 valence electrons. The van der Waals surface area contributed by atoms with E-state index < -0.39 is 5.97 Å². The Balaban J connectivity index is 1.73. The first-order valence-corrected chi connectivity index (χ1v) is 7.94. The maximum atomic E-state index is 11.9. The number of H-pyrrole nitrogens is 1. The standard InChI is InChI=1S/C15H25N5O3/c1-15(2,3)13-18-11(19-20-13)8-16-14(23)17-10-6-4-9(5-7-10)12(21)22/h9-10H,4-8H2,1-3H3,(H,21,22)(H2,16,17,23)(H,18,19,20). The van der Waals surface area contributed by atoms with Gasteiger partial charge in [-0.1, -0.05) is 20.8 Å². The number of hydrogen-bond donors (Lipinski definition) is 4. The van der Waals surface area contributed by atoms with E-state index in [4.69, 9.17) is 5.11 Å². The summed E-state index contributed by atoms with van der Waals surface area (Å²) in [7, 11) is 0. The Morgan fingerprint density at radius 1 is 1.26 bits per heavy atom. The van der Waals surface area contributed by atoms with Gasteiger partial charge in [-0.3, -0.25) is 9.89 Å². The minimum Gasteiger partial charge on any atom is -0.481 e. The van der Waals surface area contributed by atoms with Gasteiger partial charge in [-0.2, -0.15) is 5.10 Å². The van der Waals surface area contributed by atoms with Crippen LogP contribution < -0.4 is 10.6 Å². The van der Waals surface area contributed by atoms with E-state index >= 15 is 0 Å². The molecule has 0 aromatic carbocycles. The van der Waals surface area contributed by atoms with E-state index in [-0.39, 0.29) is 30.0 Å². The largest absolute Gasteiger partial charge is 0.481 e. The molecule has 1 aromatic rings. The Labute approximate surface area is 135 Å². The topological polar surface area (TPSA) is 120 Å². The number of nitrogens with one attached hydrogen (secondary N) is 3. The third kappa shape index (κ3) is 4.94. The smallest absolute Gasteiger partial charge is 0.315 e. The lowest BCUT2D eigenvalue weighted by molar-refractivity contribution is -0.142. The number of aliphatic carboxylic acids is 1. The fraction of sp³-hybridized carbons (Fsp3) is 0.733. The SMILES string of the molecule is CC(C)(C)c1n[nH]c(CNC(=O)NC2CCC(C(=O)O)CC2)n1. The molecule has 0 saturated heterocycles. The van der Waals surface area contributed by atoms with E-state index in [0.717, 1.165) is 0 Å². The van der Waals surface area contributed by atoms with Crippen molar-refractivity contribution in [2.24, 2.45) is 5.92 Å². The van der Waals surface area contributed by atoms with Gasteiger partial charge in [0.25, 0.3) is 0 Å². The molecule has 0 unspecified atom stereocenters. The van der Waals surface area contributed by atoms with Crippen molar-refractivity contribution in [2.75, 3.05) is 0 Å². The van der Waals surface area contributed by atoms with Crippen LogP contribution in [-0.2, 0) is 16.8 Å². The van der Waals surface area contributed by atoms with Crippen LogP contribution in [0.3, 0.4) is 0 Å². The van der Waals surface area contributed by atoms with Crippen LogP contribution >= 0.6 is 0 Å². The molecule has 0 bridgehead atoms. The predicted octanol–water partition coefficient (Wildman–Crippen LogP) is 1.54. The highest BCUT2D eigenvalue weighted by atomic mass is 16.4. The van der Waals surface area contributed by atoms with Crippen molar-refractivity contribution in [1.29, 1.82) is 0 Å². The first-order valence-electron chi connectivity index (χ1n) is 7.94. The highest BCUT2D eigenvalue weighted by Crippen LogP contribution is 2.24. The molecule has 1 heterocycles. The number of carbonyl (C=O) groups excluding carboxylic acids is 1. The normalized spacial score (nSPS) is 21.7. The lowest BCUT2D eigenvalue weighted by Crippen LogP contribution is -2.44. The summed E-state index contributed by atoms with van der Waals surface area (Å²) >= 11 is 0. The minimum absolute atomic E-state index is 0.0328. The molecule has 1 saturated carbocycles. The third-order valence-corrected chi connectivity index (χ3v) is 4.03. The van der Waals surface area contributed by atoms with Crippen LogP contribution in [-0.4, -0.2) is 38.3 Å². The van der Waals surface area contributed by atoms with Gasteiger partial charge < -0.3 is 15.7 Å². The molecule has 4 N–H and O–H groups in total. The van der Waals surface area contributed by atoms with Crippen molar-refractivity contribution in [1.82, 2.24) is 25.8 Å². The number of aromatic amines is 1. The number of rotatable bonds is 4. The molecule has 0 spiro atoms. The zero-order valence-electron chi connectivity index (χ0n) is 13.8. The second-order valence-electron chi connectivity index (χ2n) is 7.07. The second-order valence-corrected chi connectivity index (χ2v) is 7.07. The van der Waals surface area contributed by atoms with E-state index in [9.17, 15) is 9.59 Å². The van der Waals surface area contributed by atoms with Crippen LogP contribution in [0.25, 0.3) is 0 Å². The van der Waals surface area contributed by atoms with Gasteiger partial charge in [0, 0.05) is 11.5 Å². The zero-order valence-corrected chi connectivity index (χ0v) is 13.8. The van der Waals surface area contributed by atoms with Gasteiger partial charge in [-0.15, -0.1) is 0 Å². The predicted molar refractivity (Wildman–Crippen MR) is 83.8 cm³/mol. The molecule has 0 atom stereocenters. The van der Waals surface area contributed by atoms with Crippen molar-refractivity contribution in [3.05, 3.63) is 11.6 Å². The molecule has 1 aliphatic rings. The van der Waals surface area contributed by atoms with Crippen molar-refractivity contribution in [3.63, 3.8) is 0 Å². The van der Waals surface area contributed by atoms with Crippen LogP contribution in [0, 0.1) is 5.92 Å². The summed E-state index contributed by atoms with van der Waals surface area (Å²) in [6.07, 6.45) is 2.61. The van der Waals surface area contributed by atoms with Crippen LogP contribution in [0.15, 0.2) is 0 Å². The number of amides is 2. The van der Waals surface area contributed by atoms with E-state index in [1.165, 1.54) is 0 Å². The van der Waals surface area contributed by atoms with Gasteiger partial charge in [0.05, 0.1) is 12.5 Å². The first kappa shape index (κ1) is 17.2. The lowest BCUT2D eigenvalue weighted by Gasteiger charge is -2.26. The van der Waals surface area contributed by atoms with E-state index in [1.54, 1.807) is 0 Å². The van der Waals surface area contributed by atoms with Crippen molar-refractivity contribution in [3.8, 4) is 0 Å². The summed E-state index contributed by atoms with van der Waals surface area (Å²) in [6.45, 7) is 6.34. The molecule has 8 heteroatoms. The number of carboxylic acids is 1. The van der Waals surface area contributed by atoms with Crippen molar-refractivity contribution in [2.45, 2.75) is 64.5 Å². The summed E-state index contributed by atoms with van der Waals surface area (Å²) in [5, 5.41) is 21.5. The molecule has 2 amide bonds.